The molecule has 0 spiro atoms. The van der Waals surface area contributed by atoms with Crippen LogP contribution in [0.1, 0.15) is 23.2 Å². The van der Waals surface area contributed by atoms with Crippen molar-refractivity contribution in [1.82, 2.24) is 14.8 Å². The molecule has 0 radical (unpaired) electrons. The van der Waals surface area contributed by atoms with Crippen molar-refractivity contribution in [2.45, 2.75) is 30.7 Å². The van der Waals surface area contributed by atoms with Gasteiger partial charge >= 0.3 is 0 Å². The first-order chi connectivity index (χ1) is 15.5. The number of aryl methyl sites for hydroxylation is 1. The van der Waals surface area contributed by atoms with Crippen molar-refractivity contribution in [2.75, 3.05) is 12.4 Å². The second kappa shape index (κ2) is 10.0. The van der Waals surface area contributed by atoms with E-state index in [0.717, 1.165) is 17.1 Å². The molecule has 0 aliphatic heterocycles. The molecule has 1 N–H and O–H groups in total. The van der Waals surface area contributed by atoms with E-state index < -0.39 is 0 Å². The second-order valence-corrected chi connectivity index (χ2v) is 9.62. The van der Waals surface area contributed by atoms with E-state index >= 15 is 0 Å². The summed E-state index contributed by atoms with van der Waals surface area (Å²) in [7, 11) is 1.59. The Morgan fingerprint density at radius 2 is 1.97 bits per heavy atom. The van der Waals surface area contributed by atoms with Gasteiger partial charge in [-0.05, 0) is 55.1 Å². The van der Waals surface area contributed by atoms with Crippen LogP contribution < -0.4 is 10.1 Å². The van der Waals surface area contributed by atoms with Gasteiger partial charge in [-0.1, -0.05) is 42.1 Å². The third-order valence-corrected chi connectivity index (χ3v) is 6.81. The number of methoxy groups -OCH3 is 1. The predicted octanol–water partition coefficient (Wildman–Crippen LogP) is 5.36. The van der Waals surface area contributed by atoms with E-state index in [2.05, 4.69) is 27.0 Å². The Morgan fingerprint density at radius 1 is 1.16 bits per heavy atom. The lowest BCUT2D eigenvalue weighted by Gasteiger charge is -2.15. The van der Waals surface area contributed by atoms with Crippen LogP contribution in [-0.4, -0.2) is 33.0 Å². The number of benzene rings is 2. The molecule has 0 aliphatic carbocycles. The molecule has 1 unspecified atom stereocenters. The number of rotatable bonds is 8. The molecular weight excluding hydrogens is 440 g/mol. The van der Waals surface area contributed by atoms with Crippen molar-refractivity contribution in [3.05, 3.63) is 82.3 Å². The lowest BCUT2D eigenvalue weighted by molar-refractivity contribution is -0.115. The molecule has 2 aromatic carbocycles. The van der Waals surface area contributed by atoms with Crippen molar-refractivity contribution >= 4 is 34.7 Å². The Bertz CT molecular complexity index is 1190. The molecule has 8 heteroatoms. The van der Waals surface area contributed by atoms with Crippen LogP contribution in [0.3, 0.4) is 0 Å². The van der Waals surface area contributed by atoms with Crippen LogP contribution in [-0.2, 0) is 11.2 Å². The van der Waals surface area contributed by atoms with Crippen LogP contribution in [0.2, 0.25) is 0 Å². The van der Waals surface area contributed by atoms with E-state index in [0.29, 0.717) is 23.0 Å². The molecule has 164 valence electrons. The quantitative estimate of drug-likeness (QED) is 0.356. The molecule has 1 amide bonds. The monoisotopic (exact) mass is 464 g/mol. The number of nitrogens with one attached hydrogen (secondary N) is 1. The summed E-state index contributed by atoms with van der Waals surface area (Å²) in [4.78, 5) is 14.2. The first-order valence-corrected chi connectivity index (χ1v) is 12.0. The van der Waals surface area contributed by atoms with E-state index in [1.54, 1.807) is 18.4 Å². The van der Waals surface area contributed by atoms with Gasteiger partial charge in [0.05, 0.1) is 18.0 Å². The van der Waals surface area contributed by atoms with Crippen LogP contribution in [0, 0.1) is 6.92 Å². The average Bonchev–Trinajstić information content (AvgIpc) is 3.45. The minimum absolute atomic E-state index is 0.124. The van der Waals surface area contributed by atoms with Crippen LogP contribution >= 0.6 is 23.1 Å². The van der Waals surface area contributed by atoms with Gasteiger partial charge in [0, 0.05) is 17.0 Å². The average molecular weight is 465 g/mol. The number of hydrogen-bond acceptors (Lipinski definition) is 6. The molecule has 0 aliphatic rings. The van der Waals surface area contributed by atoms with E-state index in [4.69, 9.17) is 4.74 Å². The summed E-state index contributed by atoms with van der Waals surface area (Å²) in [6.07, 6.45) is 0.682. The van der Waals surface area contributed by atoms with E-state index in [9.17, 15) is 4.79 Å². The van der Waals surface area contributed by atoms with Crippen LogP contribution in [0.15, 0.2) is 71.2 Å². The number of carbonyl (C=O) groups is 1. The Hall–Kier alpha value is -3.10. The number of aromatic nitrogens is 3. The maximum Gasteiger partial charge on any atom is 0.237 e. The van der Waals surface area contributed by atoms with Gasteiger partial charge in [-0.3, -0.25) is 9.36 Å². The largest absolute Gasteiger partial charge is 0.495 e. The van der Waals surface area contributed by atoms with Gasteiger partial charge in [-0.25, -0.2) is 0 Å². The minimum Gasteiger partial charge on any atom is -0.495 e. The first-order valence-electron chi connectivity index (χ1n) is 10.2. The normalized spacial score (nSPS) is 11.8. The predicted molar refractivity (Wildman–Crippen MR) is 130 cm³/mol. The molecule has 0 bridgehead atoms. The lowest BCUT2D eigenvalue weighted by atomic mass is 10.2. The lowest BCUT2D eigenvalue weighted by Crippen LogP contribution is -2.23. The molecule has 2 aromatic heterocycles. The number of para-hydroxylation sites is 1. The SMILES string of the molecule is COc1ccc(C)cc1NC(=O)C(C)Sc1nnc(Cc2cccs2)n1-c1ccccc1. The topological polar surface area (TPSA) is 69.0 Å². The summed E-state index contributed by atoms with van der Waals surface area (Å²) in [5.74, 6) is 1.35. The highest BCUT2D eigenvalue weighted by molar-refractivity contribution is 8.00. The summed E-state index contributed by atoms with van der Waals surface area (Å²) >= 11 is 3.08. The maximum atomic E-state index is 13.0. The van der Waals surface area contributed by atoms with Gasteiger partial charge in [0.1, 0.15) is 11.6 Å². The van der Waals surface area contributed by atoms with E-state index in [1.165, 1.54) is 16.6 Å². The number of carbonyl (C=O) groups excluding carboxylic acids is 1. The number of ether oxygens (including phenoxy) is 1. The van der Waals surface area contributed by atoms with Crippen molar-refractivity contribution < 1.29 is 9.53 Å². The molecule has 6 nitrogen and oxygen atoms in total. The summed E-state index contributed by atoms with van der Waals surface area (Å²) in [5, 5.41) is 14.2. The summed E-state index contributed by atoms with van der Waals surface area (Å²) in [5.41, 5.74) is 2.68. The fraction of sp³-hybridized carbons (Fsp3) is 0.208. The number of thioether (sulfide) groups is 1. The van der Waals surface area contributed by atoms with E-state index in [-0.39, 0.29) is 11.2 Å². The van der Waals surface area contributed by atoms with Gasteiger partial charge in [-0.15, -0.1) is 21.5 Å². The zero-order valence-corrected chi connectivity index (χ0v) is 19.7. The molecule has 1 atom stereocenters. The van der Waals surface area contributed by atoms with Gasteiger partial charge in [0.15, 0.2) is 5.16 Å². The zero-order valence-electron chi connectivity index (χ0n) is 18.1. The molecule has 32 heavy (non-hydrogen) atoms. The van der Waals surface area contributed by atoms with Crippen LogP contribution in [0.25, 0.3) is 5.69 Å². The first kappa shape index (κ1) is 22.1. The van der Waals surface area contributed by atoms with Crippen molar-refractivity contribution in [3.8, 4) is 11.4 Å². The molecule has 0 saturated heterocycles. The maximum absolute atomic E-state index is 13.0. The highest BCUT2D eigenvalue weighted by atomic mass is 32.2. The zero-order chi connectivity index (χ0) is 22.5. The Balaban J connectivity index is 1.57. The molecular formula is C24H24N4O2S2. The molecule has 2 heterocycles. The molecule has 4 aromatic rings. The fourth-order valence-electron chi connectivity index (χ4n) is 3.26. The highest BCUT2D eigenvalue weighted by Crippen LogP contribution is 2.30. The number of hydrogen-bond donors (Lipinski definition) is 1. The summed E-state index contributed by atoms with van der Waals surface area (Å²) in [6.45, 7) is 3.84. The smallest absolute Gasteiger partial charge is 0.237 e. The summed E-state index contributed by atoms with van der Waals surface area (Å²) in [6, 6.07) is 19.8. The van der Waals surface area contributed by atoms with Crippen molar-refractivity contribution in [1.29, 1.82) is 0 Å². The van der Waals surface area contributed by atoms with Crippen LogP contribution in [0.4, 0.5) is 5.69 Å². The Labute approximate surface area is 195 Å². The molecule has 0 fully saturated rings. The third-order valence-electron chi connectivity index (χ3n) is 4.89. The van der Waals surface area contributed by atoms with Crippen molar-refractivity contribution in [3.63, 3.8) is 0 Å². The number of thiophene rings is 1. The number of nitrogens with zero attached hydrogens (tertiary/aromatic N) is 3. The highest BCUT2D eigenvalue weighted by Gasteiger charge is 2.22. The molecule has 4 rings (SSSR count). The molecule has 0 saturated carbocycles. The van der Waals surface area contributed by atoms with Gasteiger partial charge in [0.2, 0.25) is 5.91 Å². The Kier molecular flexibility index (Phi) is 6.92. The second-order valence-electron chi connectivity index (χ2n) is 7.28. The number of anilines is 1. The van der Waals surface area contributed by atoms with Gasteiger partial charge < -0.3 is 10.1 Å². The van der Waals surface area contributed by atoms with E-state index in [1.807, 2.05) is 73.0 Å². The van der Waals surface area contributed by atoms with Crippen LogP contribution in [0.5, 0.6) is 5.75 Å². The third kappa shape index (κ3) is 5.03. The summed E-state index contributed by atoms with van der Waals surface area (Å²) < 4.78 is 7.41. The standard InChI is InChI=1S/C24H24N4O2S2/c1-16-11-12-21(30-3)20(14-16)25-23(29)17(2)32-24-27-26-22(15-19-10-7-13-31-19)28(24)18-8-5-4-6-9-18/h4-14,17H,15H2,1-3H3,(H,25,29). The van der Waals surface area contributed by atoms with Crippen molar-refractivity contribution in [2.24, 2.45) is 0 Å². The Morgan fingerprint density at radius 3 is 2.69 bits per heavy atom. The minimum atomic E-state index is -0.388. The number of amides is 1. The van der Waals surface area contributed by atoms with Gasteiger partial charge in [0.25, 0.3) is 0 Å². The fourth-order valence-corrected chi connectivity index (χ4v) is 4.85. The van der Waals surface area contributed by atoms with Gasteiger partial charge in [-0.2, -0.15) is 0 Å².